The summed E-state index contributed by atoms with van der Waals surface area (Å²) in [5, 5.41) is 6.74. The van der Waals surface area contributed by atoms with Crippen LogP contribution in [0.1, 0.15) is 68.6 Å². The molecule has 1 aliphatic rings. The Morgan fingerprint density at radius 2 is 1.94 bits per heavy atom. The SMILES string of the molecule is CCCNC(=O)c1c(NC(=O)c2cc3occc3n2Cc2ccccc2C)sc2c1CCCC2. The number of amides is 2. The number of rotatable bonds is 7. The number of aromatic nitrogens is 1. The molecule has 2 N–H and O–H groups in total. The topological polar surface area (TPSA) is 76.3 Å². The predicted octanol–water partition coefficient (Wildman–Crippen LogP) is 5.92. The molecule has 2 amide bonds. The zero-order valence-corrected chi connectivity index (χ0v) is 20.4. The summed E-state index contributed by atoms with van der Waals surface area (Å²) in [7, 11) is 0. The van der Waals surface area contributed by atoms with Crippen LogP contribution in [0.4, 0.5) is 5.00 Å². The third-order valence-corrected chi connectivity index (χ3v) is 7.71. The molecule has 34 heavy (non-hydrogen) atoms. The Bertz CT molecular complexity index is 1360. The van der Waals surface area contributed by atoms with E-state index in [0.29, 0.717) is 34.9 Å². The number of benzene rings is 1. The molecule has 0 atom stereocenters. The fourth-order valence-electron chi connectivity index (χ4n) is 4.68. The molecule has 6 nitrogen and oxygen atoms in total. The summed E-state index contributed by atoms with van der Waals surface area (Å²) in [6, 6.07) is 11.8. The molecule has 5 rings (SSSR count). The Morgan fingerprint density at radius 3 is 2.76 bits per heavy atom. The Hall–Kier alpha value is -3.32. The van der Waals surface area contributed by atoms with Crippen molar-refractivity contribution in [2.45, 2.75) is 52.5 Å². The summed E-state index contributed by atoms with van der Waals surface area (Å²) >= 11 is 1.54. The van der Waals surface area contributed by atoms with E-state index in [0.717, 1.165) is 48.7 Å². The van der Waals surface area contributed by atoms with Crippen molar-refractivity contribution in [3.8, 4) is 0 Å². The molecular formula is C27H29N3O3S. The molecule has 1 aliphatic carbocycles. The van der Waals surface area contributed by atoms with Crippen LogP contribution in [0.25, 0.3) is 11.1 Å². The van der Waals surface area contributed by atoms with Gasteiger partial charge in [0.25, 0.3) is 11.8 Å². The molecule has 0 saturated heterocycles. The van der Waals surface area contributed by atoms with Crippen molar-refractivity contribution in [2.75, 3.05) is 11.9 Å². The van der Waals surface area contributed by atoms with E-state index in [1.807, 2.05) is 29.7 Å². The highest BCUT2D eigenvalue weighted by Crippen LogP contribution is 2.38. The second-order valence-electron chi connectivity index (χ2n) is 8.84. The van der Waals surface area contributed by atoms with E-state index < -0.39 is 0 Å². The first-order valence-corrected chi connectivity index (χ1v) is 12.7. The minimum atomic E-state index is -0.233. The van der Waals surface area contributed by atoms with Crippen LogP contribution >= 0.6 is 11.3 Å². The van der Waals surface area contributed by atoms with Gasteiger partial charge in [-0.05, 0) is 55.7 Å². The van der Waals surface area contributed by atoms with E-state index in [2.05, 4.69) is 29.7 Å². The van der Waals surface area contributed by atoms with Crippen LogP contribution in [-0.4, -0.2) is 22.9 Å². The zero-order chi connectivity index (χ0) is 23.7. The molecule has 176 valence electrons. The number of hydrogen-bond donors (Lipinski definition) is 2. The lowest BCUT2D eigenvalue weighted by Crippen LogP contribution is -2.26. The average Bonchev–Trinajstić information content (AvgIpc) is 3.52. The van der Waals surface area contributed by atoms with Gasteiger partial charge >= 0.3 is 0 Å². The maximum Gasteiger partial charge on any atom is 0.273 e. The Morgan fingerprint density at radius 1 is 1.12 bits per heavy atom. The Balaban J connectivity index is 1.50. The van der Waals surface area contributed by atoms with Crippen molar-refractivity contribution in [2.24, 2.45) is 0 Å². The molecule has 0 fully saturated rings. The van der Waals surface area contributed by atoms with Gasteiger partial charge in [0.15, 0.2) is 5.58 Å². The van der Waals surface area contributed by atoms with Crippen molar-refractivity contribution >= 4 is 39.3 Å². The van der Waals surface area contributed by atoms with Gasteiger partial charge in [-0.25, -0.2) is 0 Å². The van der Waals surface area contributed by atoms with Crippen LogP contribution < -0.4 is 10.6 Å². The summed E-state index contributed by atoms with van der Waals surface area (Å²) in [6.45, 7) is 5.28. The summed E-state index contributed by atoms with van der Waals surface area (Å²) in [5.74, 6) is -0.330. The number of aryl methyl sites for hydroxylation is 2. The average molecular weight is 476 g/mol. The van der Waals surface area contributed by atoms with E-state index >= 15 is 0 Å². The summed E-state index contributed by atoms with van der Waals surface area (Å²) in [5.41, 5.74) is 6.11. The van der Waals surface area contributed by atoms with Crippen molar-refractivity contribution < 1.29 is 14.0 Å². The number of thiophene rings is 1. The predicted molar refractivity (Wildman–Crippen MR) is 136 cm³/mol. The highest BCUT2D eigenvalue weighted by molar-refractivity contribution is 7.17. The molecule has 0 bridgehead atoms. The van der Waals surface area contributed by atoms with E-state index in [9.17, 15) is 9.59 Å². The molecule has 3 heterocycles. The van der Waals surface area contributed by atoms with Crippen LogP contribution in [0.3, 0.4) is 0 Å². The van der Waals surface area contributed by atoms with E-state index in [4.69, 9.17) is 4.42 Å². The first-order valence-electron chi connectivity index (χ1n) is 11.9. The number of fused-ring (bicyclic) bond motifs is 2. The monoisotopic (exact) mass is 475 g/mol. The van der Waals surface area contributed by atoms with E-state index in [1.165, 1.54) is 10.4 Å². The molecule has 1 aromatic carbocycles. The second kappa shape index (κ2) is 9.50. The van der Waals surface area contributed by atoms with Crippen LogP contribution in [0, 0.1) is 6.92 Å². The number of nitrogens with zero attached hydrogens (tertiary/aromatic N) is 1. The fraction of sp³-hybridized carbons (Fsp3) is 0.333. The fourth-order valence-corrected chi connectivity index (χ4v) is 5.96. The van der Waals surface area contributed by atoms with Crippen molar-refractivity contribution in [3.05, 3.63) is 75.5 Å². The third kappa shape index (κ3) is 4.16. The summed E-state index contributed by atoms with van der Waals surface area (Å²) in [4.78, 5) is 27.8. The molecule has 0 spiro atoms. The van der Waals surface area contributed by atoms with Gasteiger partial charge in [-0.3, -0.25) is 9.59 Å². The van der Waals surface area contributed by atoms with Crippen LogP contribution in [-0.2, 0) is 19.4 Å². The first-order chi connectivity index (χ1) is 16.6. The van der Waals surface area contributed by atoms with Gasteiger partial charge in [0.05, 0.1) is 17.3 Å². The van der Waals surface area contributed by atoms with Crippen molar-refractivity contribution in [3.63, 3.8) is 0 Å². The smallest absolute Gasteiger partial charge is 0.273 e. The second-order valence-corrected chi connectivity index (χ2v) is 9.94. The maximum atomic E-state index is 13.6. The molecule has 0 saturated carbocycles. The van der Waals surface area contributed by atoms with Crippen LogP contribution in [0.5, 0.6) is 0 Å². The third-order valence-electron chi connectivity index (χ3n) is 6.51. The highest BCUT2D eigenvalue weighted by Gasteiger charge is 2.27. The van der Waals surface area contributed by atoms with E-state index in [1.54, 1.807) is 23.7 Å². The molecule has 4 aromatic rings. The lowest BCUT2D eigenvalue weighted by molar-refractivity contribution is 0.0954. The van der Waals surface area contributed by atoms with Gasteiger partial charge in [0.2, 0.25) is 0 Å². The zero-order valence-electron chi connectivity index (χ0n) is 19.6. The minimum Gasteiger partial charge on any atom is -0.463 e. The first kappa shape index (κ1) is 22.5. The van der Waals surface area contributed by atoms with Crippen molar-refractivity contribution in [1.82, 2.24) is 9.88 Å². The number of furan rings is 1. The van der Waals surface area contributed by atoms with Gasteiger partial charge in [0, 0.05) is 30.1 Å². The molecule has 3 aromatic heterocycles. The Kier molecular flexibility index (Phi) is 6.28. The molecule has 0 radical (unpaired) electrons. The Labute approximate surface area is 203 Å². The molecule has 7 heteroatoms. The molecule has 0 unspecified atom stereocenters. The van der Waals surface area contributed by atoms with Gasteiger partial charge in [0.1, 0.15) is 10.7 Å². The van der Waals surface area contributed by atoms with Crippen LogP contribution in [0.2, 0.25) is 0 Å². The van der Waals surface area contributed by atoms with Crippen molar-refractivity contribution in [1.29, 1.82) is 0 Å². The van der Waals surface area contributed by atoms with E-state index in [-0.39, 0.29) is 11.8 Å². The number of carbonyl (C=O) groups is 2. The normalized spacial score (nSPS) is 13.1. The number of anilines is 1. The highest BCUT2D eigenvalue weighted by atomic mass is 32.1. The molecular weight excluding hydrogens is 446 g/mol. The summed E-state index contributed by atoms with van der Waals surface area (Å²) < 4.78 is 7.60. The number of hydrogen-bond acceptors (Lipinski definition) is 4. The molecule has 0 aliphatic heterocycles. The lowest BCUT2D eigenvalue weighted by atomic mass is 9.95. The van der Waals surface area contributed by atoms with Gasteiger partial charge < -0.3 is 19.6 Å². The minimum absolute atomic E-state index is 0.0967. The maximum absolute atomic E-state index is 13.6. The standard InChI is InChI=1S/C27H29N3O3S/c1-3-13-28-26(32)24-19-10-6-7-11-23(19)34-27(24)29-25(31)21-15-22-20(12-14-33-22)30(21)16-18-9-5-4-8-17(18)2/h4-5,8-9,12,14-15H,3,6-7,10-11,13,16H2,1-2H3,(H,28,32)(H,29,31). The van der Waals surface area contributed by atoms with Gasteiger partial charge in [-0.15, -0.1) is 11.3 Å². The van der Waals surface area contributed by atoms with Gasteiger partial charge in [-0.1, -0.05) is 31.2 Å². The summed E-state index contributed by atoms with van der Waals surface area (Å²) in [6.07, 6.45) is 6.54. The quantitative estimate of drug-likeness (QED) is 0.348. The number of carbonyl (C=O) groups excluding carboxylic acids is 2. The van der Waals surface area contributed by atoms with Crippen LogP contribution in [0.15, 0.2) is 47.1 Å². The largest absolute Gasteiger partial charge is 0.463 e. The van der Waals surface area contributed by atoms with Gasteiger partial charge in [-0.2, -0.15) is 0 Å². The lowest BCUT2D eigenvalue weighted by Gasteiger charge is -2.14. The number of nitrogens with one attached hydrogen (secondary N) is 2.